The number of carbonyl (C=O) groups excluding carboxylic acids is 2. The van der Waals surface area contributed by atoms with Crippen molar-refractivity contribution in [2.45, 2.75) is 26.5 Å². The number of nitrogens with one attached hydrogen (secondary N) is 2. The van der Waals surface area contributed by atoms with Gasteiger partial charge in [0.05, 0.1) is 17.1 Å². The number of rotatable bonds is 10. The predicted molar refractivity (Wildman–Crippen MR) is 111 cm³/mol. The van der Waals surface area contributed by atoms with E-state index in [1.54, 1.807) is 0 Å². The molecule has 160 valence electrons. The van der Waals surface area contributed by atoms with Crippen LogP contribution in [0, 0.1) is 17.0 Å². The lowest BCUT2D eigenvalue weighted by Gasteiger charge is -2.14. The highest BCUT2D eigenvalue weighted by Crippen LogP contribution is 2.26. The maximum absolute atomic E-state index is 12.4. The van der Waals surface area contributed by atoms with Crippen molar-refractivity contribution >= 4 is 23.3 Å². The third-order valence-electron chi connectivity index (χ3n) is 4.29. The fourth-order valence-corrected chi connectivity index (χ4v) is 2.57. The van der Waals surface area contributed by atoms with Gasteiger partial charge in [-0.1, -0.05) is 29.8 Å². The predicted octanol–water partition coefficient (Wildman–Crippen LogP) is 2.82. The van der Waals surface area contributed by atoms with Gasteiger partial charge >= 0.3 is 5.97 Å². The molecule has 2 aromatic carbocycles. The summed E-state index contributed by atoms with van der Waals surface area (Å²) in [5.41, 5.74) is 2.01. The smallest absolute Gasteiger partial charge is 0.339 e. The molecule has 2 rings (SSSR count). The third-order valence-corrected chi connectivity index (χ3v) is 4.29. The number of carbonyl (C=O) groups is 2. The standard InChI is InChI=1S/C21H25N3O6/c1-14-4-6-16(7-5-14)13-23-20(25)15(2)30-21(26)17-8-9-18(22-10-11-29-3)19(12-17)24(27)28/h4-9,12,15,22H,10-11,13H2,1-3H3,(H,23,25). The monoisotopic (exact) mass is 415 g/mol. The Morgan fingerprint density at radius 1 is 1.17 bits per heavy atom. The van der Waals surface area contributed by atoms with E-state index in [1.807, 2.05) is 31.2 Å². The molecule has 0 saturated heterocycles. The Hall–Kier alpha value is -3.46. The van der Waals surface area contributed by atoms with Gasteiger partial charge in [0.15, 0.2) is 6.10 Å². The first-order chi connectivity index (χ1) is 14.3. The van der Waals surface area contributed by atoms with Crippen molar-refractivity contribution in [3.8, 4) is 0 Å². The Morgan fingerprint density at radius 3 is 2.50 bits per heavy atom. The lowest BCUT2D eigenvalue weighted by atomic mass is 10.1. The summed E-state index contributed by atoms with van der Waals surface area (Å²) in [7, 11) is 1.52. The molecule has 0 bridgehead atoms. The van der Waals surface area contributed by atoms with Crippen molar-refractivity contribution in [1.82, 2.24) is 5.32 Å². The summed E-state index contributed by atoms with van der Waals surface area (Å²) >= 11 is 0. The van der Waals surface area contributed by atoms with Crippen LogP contribution in [0.5, 0.6) is 0 Å². The summed E-state index contributed by atoms with van der Waals surface area (Å²) in [6.07, 6.45) is -1.05. The topological polar surface area (TPSA) is 120 Å². The van der Waals surface area contributed by atoms with Gasteiger partial charge in [-0.3, -0.25) is 14.9 Å². The van der Waals surface area contributed by atoms with Gasteiger partial charge in [0, 0.05) is 26.3 Å². The van der Waals surface area contributed by atoms with Crippen LogP contribution in [0.1, 0.15) is 28.4 Å². The van der Waals surface area contributed by atoms with E-state index in [2.05, 4.69) is 10.6 Å². The maximum Gasteiger partial charge on any atom is 0.339 e. The highest BCUT2D eigenvalue weighted by Gasteiger charge is 2.22. The van der Waals surface area contributed by atoms with Gasteiger partial charge in [-0.15, -0.1) is 0 Å². The van der Waals surface area contributed by atoms with Crippen LogP contribution in [0.4, 0.5) is 11.4 Å². The maximum atomic E-state index is 12.4. The molecule has 0 heterocycles. The Morgan fingerprint density at radius 2 is 1.87 bits per heavy atom. The van der Waals surface area contributed by atoms with Crippen LogP contribution in [0.25, 0.3) is 0 Å². The second-order valence-corrected chi connectivity index (χ2v) is 6.66. The molecule has 0 aromatic heterocycles. The molecule has 1 amide bonds. The number of nitro groups is 1. The normalized spacial score (nSPS) is 11.4. The molecule has 0 aliphatic rings. The second kappa shape index (κ2) is 10.9. The molecule has 0 spiro atoms. The first-order valence-electron chi connectivity index (χ1n) is 9.37. The van der Waals surface area contributed by atoms with E-state index in [-0.39, 0.29) is 16.9 Å². The molecule has 0 fully saturated rings. The number of methoxy groups -OCH3 is 1. The van der Waals surface area contributed by atoms with Crippen molar-refractivity contribution in [2.24, 2.45) is 0 Å². The van der Waals surface area contributed by atoms with Gasteiger partial charge in [-0.2, -0.15) is 0 Å². The summed E-state index contributed by atoms with van der Waals surface area (Å²) in [5.74, 6) is -1.28. The third kappa shape index (κ3) is 6.56. The zero-order chi connectivity index (χ0) is 22.1. The average Bonchev–Trinajstić information content (AvgIpc) is 2.73. The number of amides is 1. The SMILES string of the molecule is COCCNc1ccc(C(=O)OC(C)C(=O)NCc2ccc(C)cc2)cc1[N+](=O)[O-]. The van der Waals surface area contributed by atoms with E-state index in [4.69, 9.17) is 9.47 Å². The zero-order valence-electron chi connectivity index (χ0n) is 17.1. The number of esters is 1. The zero-order valence-corrected chi connectivity index (χ0v) is 17.1. The minimum atomic E-state index is -1.05. The van der Waals surface area contributed by atoms with Gasteiger partial charge < -0.3 is 20.1 Å². The Balaban J connectivity index is 1.97. The summed E-state index contributed by atoms with van der Waals surface area (Å²) in [6, 6.07) is 11.6. The molecule has 9 nitrogen and oxygen atoms in total. The number of hydrogen-bond acceptors (Lipinski definition) is 7. The van der Waals surface area contributed by atoms with Crippen molar-refractivity contribution in [3.05, 3.63) is 69.3 Å². The lowest BCUT2D eigenvalue weighted by molar-refractivity contribution is -0.384. The molecule has 9 heteroatoms. The second-order valence-electron chi connectivity index (χ2n) is 6.66. The molecule has 0 radical (unpaired) electrons. The highest BCUT2D eigenvalue weighted by molar-refractivity contribution is 5.93. The minimum absolute atomic E-state index is 0.0165. The summed E-state index contributed by atoms with van der Waals surface area (Å²) in [4.78, 5) is 35.3. The van der Waals surface area contributed by atoms with Crippen LogP contribution < -0.4 is 10.6 Å². The van der Waals surface area contributed by atoms with Crippen LogP contribution >= 0.6 is 0 Å². The van der Waals surface area contributed by atoms with Crippen molar-refractivity contribution in [1.29, 1.82) is 0 Å². The summed E-state index contributed by atoms with van der Waals surface area (Å²) in [5, 5.41) is 16.9. The van der Waals surface area contributed by atoms with Gasteiger partial charge in [0.2, 0.25) is 0 Å². The molecule has 1 unspecified atom stereocenters. The lowest BCUT2D eigenvalue weighted by Crippen LogP contribution is -2.35. The average molecular weight is 415 g/mol. The number of benzene rings is 2. The molecular weight excluding hydrogens is 390 g/mol. The van der Waals surface area contributed by atoms with Crippen molar-refractivity contribution in [3.63, 3.8) is 0 Å². The number of anilines is 1. The minimum Gasteiger partial charge on any atom is -0.449 e. The van der Waals surface area contributed by atoms with Crippen molar-refractivity contribution in [2.75, 3.05) is 25.6 Å². The van der Waals surface area contributed by atoms with Crippen LogP contribution in [0.15, 0.2) is 42.5 Å². The highest BCUT2D eigenvalue weighted by atomic mass is 16.6. The number of nitro benzene ring substituents is 1. The fraction of sp³-hybridized carbons (Fsp3) is 0.333. The van der Waals surface area contributed by atoms with E-state index >= 15 is 0 Å². The molecule has 0 saturated carbocycles. The number of hydrogen-bond donors (Lipinski definition) is 2. The first kappa shape index (κ1) is 22.8. The van der Waals surface area contributed by atoms with Gasteiger partial charge in [0.1, 0.15) is 5.69 Å². The number of nitrogens with zero attached hydrogens (tertiary/aromatic N) is 1. The van der Waals surface area contributed by atoms with E-state index in [1.165, 1.54) is 26.2 Å². The number of aryl methyl sites for hydroxylation is 1. The van der Waals surface area contributed by atoms with Crippen LogP contribution in [0.3, 0.4) is 0 Å². The summed E-state index contributed by atoms with van der Waals surface area (Å²) < 4.78 is 10.1. The number of ether oxygens (including phenoxy) is 2. The first-order valence-corrected chi connectivity index (χ1v) is 9.37. The van der Waals surface area contributed by atoms with Gasteiger partial charge in [-0.25, -0.2) is 4.79 Å². The van der Waals surface area contributed by atoms with Crippen LogP contribution in [-0.2, 0) is 20.8 Å². The molecular formula is C21H25N3O6. The summed E-state index contributed by atoms with van der Waals surface area (Å²) in [6.45, 7) is 4.46. The Bertz CT molecular complexity index is 898. The van der Waals surface area contributed by atoms with Crippen LogP contribution in [0.2, 0.25) is 0 Å². The Labute approximate surface area is 174 Å². The van der Waals surface area contributed by atoms with Crippen LogP contribution in [-0.4, -0.2) is 43.2 Å². The Kier molecular flexibility index (Phi) is 8.30. The van der Waals surface area contributed by atoms with E-state index in [0.29, 0.717) is 19.7 Å². The fourth-order valence-electron chi connectivity index (χ4n) is 2.57. The molecule has 0 aliphatic carbocycles. The van der Waals surface area contributed by atoms with Gasteiger partial charge in [0.25, 0.3) is 11.6 Å². The van der Waals surface area contributed by atoms with E-state index in [0.717, 1.165) is 17.2 Å². The molecule has 2 N–H and O–H groups in total. The molecule has 1 atom stereocenters. The molecule has 0 aliphatic heterocycles. The van der Waals surface area contributed by atoms with E-state index in [9.17, 15) is 19.7 Å². The van der Waals surface area contributed by atoms with E-state index < -0.39 is 22.9 Å². The largest absolute Gasteiger partial charge is 0.449 e. The van der Waals surface area contributed by atoms with Gasteiger partial charge in [-0.05, 0) is 31.5 Å². The molecule has 30 heavy (non-hydrogen) atoms. The molecule has 2 aromatic rings. The van der Waals surface area contributed by atoms with Crippen molar-refractivity contribution < 1.29 is 24.0 Å². The quantitative estimate of drug-likeness (QED) is 0.265.